The number of aromatic nitrogens is 4. The van der Waals surface area contributed by atoms with E-state index in [1.54, 1.807) is 4.68 Å². The Labute approximate surface area is 94.0 Å². The normalized spacial score (nSPS) is 13.0. The maximum Gasteiger partial charge on any atom is 0.0932 e. The van der Waals surface area contributed by atoms with Crippen molar-refractivity contribution in [3.8, 4) is 0 Å². The van der Waals surface area contributed by atoms with Gasteiger partial charge in [-0.2, -0.15) is 10.2 Å². The fourth-order valence-corrected chi connectivity index (χ4v) is 1.72. The molecule has 0 aromatic carbocycles. The van der Waals surface area contributed by atoms with E-state index in [9.17, 15) is 0 Å². The van der Waals surface area contributed by atoms with Crippen LogP contribution < -0.4 is 11.3 Å². The van der Waals surface area contributed by atoms with Gasteiger partial charge in [-0.1, -0.05) is 0 Å². The summed E-state index contributed by atoms with van der Waals surface area (Å²) >= 11 is 0. The van der Waals surface area contributed by atoms with Crippen LogP contribution in [-0.4, -0.2) is 19.6 Å². The van der Waals surface area contributed by atoms with E-state index in [4.69, 9.17) is 5.84 Å². The lowest BCUT2D eigenvalue weighted by molar-refractivity contribution is 0.599. The molecule has 0 amide bonds. The first kappa shape index (κ1) is 10.8. The molecule has 2 heterocycles. The summed E-state index contributed by atoms with van der Waals surface area (Å²) in [7, 11) is 3.79. The second kappa shape index (κ2) is 4.07. The first-order valence-corrected chi connectivity index (χ1v) is 5.07. The number of nitrogens with zero attached hydrogens (tertiary/aromatic N) is 4. The summed E-state index contributed by atoms with van der Waals surface area (Å²) in [4.78, 5) is 0. The molecule has 2 aromatic rings. The van der Waals surface area contributed by atoms with Crippen molar-refractivity contribution in [2.75, 3.05) is 0 Å². The summed E-state index contributed by atoms with van der Waals surface area (Å²) in [6.07, 6.45) is 3.71. The van der Waals surface area contributed by atoms with Crippen LogP contribution in [0.5, 0.6) is 0 Å². The smallest absolute Gasteiger partial charge is 0.0932 e. The van der Waals surface area contributed by atoms with Gasteiger partial charge in [0.15, 0.2) is 0 Å². The van der Waals surface area contributed by atoms with Gasteiger partial charge in [0.05, 0.1) is 17.9 Å². The second-order valence-electron chi connectivity index (χ2n) is 3.82. The fourth-order valence-electron chi connectivity index (χ4n) is 1.72. The average Bonchev–Trinajstić information content (AvgIpc) is 2.81. The average molecular weight is 220 g/mol. The third-order valence-corrected chi connectivity index (χ3v) is 2.78. The van der Waals surface area contributed by atoms with E-state index in [1.165, 1.54) is 0 Å². The molecule has 2 aromatic heterocycles. The number of nitrogens with one attached hydrogen (secondary N) is 1. The van der Waals surface area contributed by atoms with E-state index in [2.05, 4.69) is 15.6 Å². The molecule has 0 saturated carbocycles. The zero-order chi connectivity index (χ0) is 11.7. The van der Waals surface area contributed by atoms with Crippen molar-refractivity contribution in [1.82, 2.24) is 25.0 Å². The van der Waals surface area contributed by atoms with Crippen molar-refractivity contribution in [2.24, 2.45) is 19.9 Å². The Morgan fingerprint density at radius 1 is 1.44 bits per heavy atom. The molecule has 86 valence electrons. The van der Waals surface area contributed by atoms with Crippen LogP contribution in [0.2, 0.25) is 0 Å². The van der Waals surface area contributed by atoms with Gasteiger partial charge in [-0.05, 0) is 13.0 Å². The van der Waals surface area contributed by atoms with Crippen molar-refractivity contribution in [3.63, 3.8) is 0 Å². The molecule has 3 N–H and O–H groups in total. The molecule has 0 radical (unpaired) electrons. The van der Waals surface area contributed by atoms with Gasteiger partial charge in [0.2, 0.25) is 0 Å². The topological polar surface area (TPSA) is 73.7 Å². The molecule has 1 atom stereocenters. The molecular weight excluding hydrogens is 204 g/mol. The summed E-state index contributed by atoms with van der Waals surface area (Å²) < 4.78 is 3.58. The van der Waals surface area contributed by atoms with Gasteiger partial charge in [0.25, 0.3) is 0 Å². The van der Waals surface area contributed by atoms with Crippen LogP contribution >= 0.6 is 0 Å². The Morgan fingerprint density at radius 3 is 2.62 bits per heavy atom. The van der Waals surface area contributed by atoms with Crippen LogP contribution in [0.4, 0.5) is 0 Å². The van der Waals surface area contributed by atoms with Gasteiger partial charge in [-0.3, -0.25) is 15.2 Å². The monoisotopic (exact) mass is 220 g/mol. The molecule has 0 spiro atoms. The van der Waals surface area contributed by atoms with Gasteiger partial charge >= 0.3 is 0 Å². The minimum absolute atomic E-state index is 0.116. The maximum atomic E-state index is 5.59. The summed E-state index contributed by atoms with van der Waals surface area (Å²) in [5.41, 5.74) is 5.79. The molecule has 0 fully saturated rings. The Morgan fingerprint density at radius 2 is 2.19 bits per heavy atom. The lowest BCUT2D eigenvalue weighted by atomic mass is 10.1. The third kappa shape index (κ3) is 1.72. The molecule has 6 heteroatoms. The van der Waals surface area contributed by atoms with E-state index in [1.807, 2.05) is 44.2 Å². The zero-order valence-electron chi connectivity index (χ0n) is 9.68. The lowest BCUT2D eigenvalue weighted by Crippen LogP contribution is -2.29. The minimum Gasteiger partial charge on any atom is -0.275 e. The highest BCUT2D eigenvalue weighted by molar-refractivity contribution is 5.28. The van der Waals surface area contributed by atoms with Crippen molar-refractivity contribution in [3.05, 3.63) is 35.4 Å². The van der Waals surface area contributed by atoms with E-state index < -0.39 is 0 Å². The van der Waals surface area contributed by atoms with Crippen molar-refractivity contribution < 1.29 is 0 Å². The first-order valence-electron chi connectivity index (χ1n) is 5.07. The van der Waals surface area contributed by atoms with Crippen LogP contribution in [0.3, 0.4) is 0 Å². The Balaban J connectivity index is 2.40. The number of aryl methyl sites for hydroxylation is 2. The number of nitrogens with two attached hydrogens (primary N) is 1. The summed E-state index contributed by atoms with van der Waals surface area (Å²) in [6.45, 7) is 2.01. The third-order valence-electron chi connectivity index (χ3n) is 2.78. The highest BCUT2D eigenvalue weighted by Crippen LogP contribution is 2.21. The van der Waals surface area contributed by atoms with E-state index >= 15 is 0 Å². The predicted octanol–water partition coefficient (Wildman–Crippen LogP) is 0.0147. The molecule has 2 rings (SSSR count). The Hall–Kier alpha value is -1.66. The van der Waals surface area contributed by atoms with E-state index in [0.29, 0.717) is 0 Å². The summed E-state index contributed by atoms with van der Waals surface area (Å²) in [5, 5.41) is 8.55. The first-order chi connectivity index (χ1) is 7.63. The van der Waals surface area contributed by atoms with Gasteiger partial charge in [-0.25, -0.2) is 5.43 Å². The van der Waals surface area contributed by atoms with Gasteiger partial charge in [-0.15, -0.1) is 0 Å². The van der Waals surface area contributed by atoms with Crippen molar-refractivity contribution >= 4 is 0 Å². The van der Waals surface area contributed by atoms with E-state index in [0.717, 1.165) is 17.0 Å². The maximum absolute atomic E-state index is 5.59. The van der Waals surface area contributed by atoms with Crippen LogP contribution in [-0.2, 0) is 14.1 Å². The van der Waals surface area contributed by atoms with E-state index in [-0.39, 0.29) is 6.04 Å². The highest BCUT2D eigenvalue weighted by Gasteiger charge is 2.19. The predicted molar refractivity (Wildman–Crippen MR) is 60.3 cm³/mol. The molecular formula is C10H16N6. The molecule has 6 nitrogen and oxygen atoms in total. The molecule has 0 bridgehead atoms. The molecule has 0 aliphatic heterocycles. The molecule has 0 saturated heterocycles. The number of hydrogen-bond acceptors (Lipinski definition) is 4. The quantitative estimate of drug-likeness (QED) is 0.564. The number of hydrazine groups is 1. The van der Waals surface area contributed by atoms with Crippen LogP contribution in [0, 0.1) is 6.92 Å². The van der Waals surface area contributed by atoms with Gasteiger partial charge < -0.3 is 0 Å². The molecule has 1 unspecified atom stereocenters. The summed E-state index contributed by atoms with van der Waals surface area (Å²) in [6, 6.07) is 1.83. The Bertz CT molecular complexity index is 483. The zero-order valence-corrected chi connectivity index (χ0v) is 9.68. The number of hydrogen-bond donors (Lipinski definition) is 2. The van der Waals surface area contributed by atoms with Crippen LogP contribution in [0.1, 0.15) is 23.0 Å². The largest absolute Gasteiger partial charge is 0.275 e. The minimum atomic E-state index is -0.116. The molecule has 0 aliphatic rings. The van der Waals surface area contributed by atoms with Crippen LogP contribution in [0.15, 0.2) is 18.5 Å². The van der Waals surface area contributed by atoms with Crippen molar-refractivity contribution in [2.45, 2.75) is 13.0 Å². The van der Waals surface area contributed by atoms with Crippen molar-refractivity contribution in [1.29, 1.82) is 0 Å². The standard InChI is InChI=1S/C10H16N6/c1-7-8(6-12-16(7)3)10(13-11)9-4-5-15(2)14-9/h4-6,10,13H,11H2,1-3H3. The number of rotatable bonds is 3. The SMILES string of the molecule is Cc1c(C(NN)c2ccn(C)n2)cnn1C. The summed E-state index contributed by atoms with van der Waals surface area (Å²) in [5.74, 6) is 5.59. The fraction of sp³-hybridized carbons (Fsp3) is 0.400. The molecule has 0 aliphatic carbocycles. The lowest BCUT2D eigenvalue weighted by Gasteiger charge is -2.12. The van der Waals surface area contributed by atoms with Crippen LogP contribution in [0.25, 0.3) is 0 Å². The second-order valence-corrected chi connectivity index (χ2v) is 3.82. The molecule has 16 heavy (non-hydrogen) atoms. The van der Waals surface area contributed by atoms with Gasteiger partial charge in [0.1, 0.15) is 0 Å². The highest BCUT2D eigenvalue weighted by atomic mass is 15.3. The van der Waals surface area contributed by atoms with Gasteiger partial charge in [0, 0.05) is 31.5 Å². The Kier molecular flexibility index (Phi) is 2.76.